The minimum atomic E-state index is 0.489. The largest absolute Gasteiger partial charge is 0.329 e. The molecule has 0 amide bonds. The Kier molecular flexibility index (Phi) is 6.25. The molecule has 20 heavy (non-hydrogen) atoms. The summed E-state index contributed by atoms with van der Waals surface area (Å²) >= 11 is 2.12. The molecule has 2 nitrogen and oxygen atoms in total. The van der Waals surface area contributed by atoms with Gasteiger partial charge in [0.25, 0.3) is 0 Å². The zero-order valence-electron chi connectivity index (χ0n) is 13.7. The summed E-state index contributed by atoms with van der Waals surface area (Å²) < 4.78 is 0. The molecule has 3 heteroatoms. The van der Waals surface area contributed by atoms with Gasteiger partial charge in [0, 0.05) is 24.9 Å². The second-order valence-corrected chi connectivity index (χ2v) is 9.01. The summed E-state index contributed by atoms with van der Waals surface area (Å²) in [6, 6.07) is 0.648. The SMILES string of the molecule is CC(C)(C)C1CCC(C(CN)N2CCCSCC2)CC1. The normalized spacial score (nSPS) is 31.8. The number of nitrogens with two attached hydrogens (primary N) is 1. The van der Waals surface area contributed by atoms with Gasteiger partial charge in [0.1, 0.15) is 0 Å². The first-order chi connectivity index (χ1) is 9.52. The third-order valence-electron chi connectivity index (χ3n) is 5.51. The van der Waals surface area contributed by atoms with Crippen molar-refractivity contribution in [2.45, 2.75) is 58.9 Å². The molecule has 1 heterocycles. The summed E-state index contributed by atoms with van der Waals surface area (Å²) in [6.45, 7) is 10.6. The van der Waals surface area contributed by atoms with Gasteiger partial charge >= 0.3 is 0 Å². The predicted molar refractivity (Wildman–Crippen MR) is 91.3 cm³/mol. The number of nitrogens with zero attached hydrogens (tertiary/aromatic N) is 1. The van der Waals surface area contributed by atoms with Crippen molar-refractivity contribution < 1.29 is 0 Å². The number of thioether (sulfide) groups is 1. The van der Waals surface area contributed by atoms with Crippen LogP contribution in [0.25, 0.3) is 0 Å². The van der Waals surface area contributed by atoms with Crippen molar-refractivity contribution in [3.8, 4) is 0 Å². The van der Waals surface area contributed by atoms with E-state index in [1.807, 2.05) is 0 Å². The summed E-state index contributed by atoms with van der Waals surface area (Å²) in [4.78, 5) is 2.71. The standard InChI is InChI=1S/C17H34N2S/c1-17(2,3)15-7-5-14(6-8-15)16(13-18)19-9-4-11-20-12-10-19/h14-16H,4-13,18H2,1-3H3. The highest BCUT2D eigenvalue weighted by Gasteiger charge is 2.34. The number of hydrogen-bond acceptors (Lipinski definition) is 3. The predicted octanol–water partition coefficient (Wildman–Crippen LogP) is 3.61. The molecule has 0 spiro atoms. The molecule has 1 unspecified atom stereocenters. The van der Waals surface area contributed by atoms with Crippen LogP contribution in [0.15, 0.2) is 0 Å². The van der Waals surface area contributed by atoms with Crippen molar-refractivity contribution in [2.24, 2.45) is 23.0 Å². The van der Waals surface area contributed by atoms with Gasteiger partial charge < -0.3 is 5.73 Å². The third-order valence-corrected chi connectivity index (χ3v) is 6.56. The first kappa shape index (κ1) is 16.6. The Balaban J connectivity index is 1.89. The van der Waals surface area contributed by atoms with Crippen LogP contribution in [-0.4, -0.2) is 42.1 Å². The van der Waals surface area contributed by atoms with Crippen LogP contribution in [0.4, 0.5) is 0 Å². The lowest BCUT2D eigenvalue weighted by molar-refractivity contribution is 0.0859. The zero-order valence-corrected chi connectivity index (χ0v) is 14.6. The smallest absolute Gasteiger partial charge is 0.0246 e. The van der Waals surface area contributed by atoms with Gasteiger partial charge in [0.15, 0.2) is 0 Å². The highest BCUT2D eigenvalue weighted by Crippen LogP contribution is 2.41. The molecule has 0 aromatic carbocycles. The van der Waals surface area contributed by atoms with Crippen LogP contribution in [0.3, 0.4) is 0 Å². The van der Waals surface area contributed by atoms with E-state index in [4.69, 9.17) is 5.73 Å². The fraction of sp³-hybridized carbons (Fsp3) is 1.00. The highest BCUT2D eigenvalue weighted by atomic mass is 32.2. The molecule has 0 aromatic rings. The second kappa shape index (κ2) is 7.51. The lowest BCUT2D eigenvalue weighted by atomic mass is 9.68. The van der Waals surface area contributed by atoms with E-state index in [1.165, 1.54) is 56.7 Å². The Morgan fingerprint density at radius 2 is 1.80 bits per heavy atom. The molecule has 2 aliphatic rings. The van der Waals surface area contributed by atoms with Crippen LogP contribution in [0.1, 0.15) is 52.9 Å². The molecule has 1 aliphatic carbocycles. The Hall–Kier alpha value is 0.270. The van der Waals surface area contributed by atoms with Gasteiger partial charge in [0.2, 0.25) is 0 Å². The first-order valence-electron chi connectivity index (χ1n) is 8.54. The van der Waals surface area contributed by atoms with E-state index in [2.05, 4.69) is 37.4 Å². The van der Waals surface area contributed by atoms with E-state index in [1.54, 1.807) is 0 Å². The van der Waals surface area contributed by atoms with Crippen LogP contribution in [0, 0.1) is 17.3 Å². The molecule has 1 saturated carbocycles. The Morgan fingerprint density at radius 3 is 2.40 bits per heavy atom. The van der Waals surface area contributed by atoms with Crippen LogP contribution in [-0.2, 0) is 0 Å². The summed E-state index contributed by atoms with van der Waals surface area (Å²) in [7, 11) is 0. The average molecular weight is 299 g/mol. The molecule has 1 atom stereocenters. The van der Waals surface area contributed by atoms with Crippen molar-refractivity contribution in [3.05, 3.63) is 0 Å². The summed E-state index contributed by atoms with van der Waals surface area (Å²) in [6.07, 6.45) is 6.96. The second-order valence-electron chi connectivity index (χ2n) is 7.78. The van der Waals surface area contributed by atoms with Crippen LogP contribution < -0.4 is 5.73 Å². The van der Waals surface area contributed by atoms with Crippen LogP contribution >= 0.6 is 11.8 Å². The van der Waals surface area contributed by atoms with E-state index in [0.717, 1.165) is 18.4 Å². The van der Waals surface area contributed by atoms with Gasteiger partial charge in [-0.15, -0.1) is 0 Å². The molecule has 2 fully saturated rings. The van der Waals surface area contributed by atoms with E-state index in [0.29, 0.717) is 11.5 Å². The molecule has 2 N–H and O–H groups in total. The maximum atomic E-state index is 6.16. The molecule has 1 saturated heterocycles. The fourth-order valence-electron chi connectivity index (χ4n) is 4.11. The molecule has 0 radical (unpaired) electrons. The van der Waals surface area contributed by atoms with E-state index < -0.39 is 0 Å². The average Bonchev–Trinajstić information content (AvgIpc) is 2.68. The van der Waals surface area contributed by atoms with Gasteiger partial charge in [-0.25, -0.2) is 0 Å². The van der Waals surface area contributed by atoms with Crippen molar-refractivity contribution in [1.82, 2.24) is 4.90 Å². The number of hydrogen-bond donors (Lipinski definition) is 1. The van der Waals surface area contributed by atoms with Crippen molar-refractivity contribution in [1.29, 1.82) is 0 Å². The Labute approximate surface area is 130 Å². The quantitative estimate of drug-likeness (QED) is 0.863. The monoisotopic (exact) mass is 298 g/mol. The van der Waals surface area contributed by atoms with Crippen molar-refractivity contribution in [3.63, 3.8) is 0 Å². The van der Waals surface area contributed by atoms with Gasteiger partial charge in [-0.1, -0.05) is 20.8 Å². The van der Waals surface area contributed by atoms with Gasteiger partial charge in [-0.3, -0.25) is 4.90 Å². The van der Waals surface area contributed by atoms with E-state index in [9.17, 15) is 0 Å². The van der Waals surface area contributed by atoms with Gasteiger partial charge in [-0.05, 0) is 61.7 Å². The van der Waals surface area contributed by atoms with Gasteiger partial charge in [0.05, 0.1) is 0 Å². The number of rotatable bonds is 3. The Bertz CT molecular complexity index is 271. The van der Waals surface area contributed by atoms with Crippen molar-refractivity contribution in [2.75, 3.05) is 31.1 Å². The summed E-state index contributed by atoms with van der Waals surface area (Å²) in [5.41, 5.74) is 6.65. The first-order valence-corrected chi connectivity index (χ1v) is 9.69. The molecule has 118 valence electrons. The van der Waals surface area contributed by atoms with Crippen LogP contribution in [0.5, 0.6) is 0 Å². The lowest BCUT2D eigenvalue weighted by Gasteiger charge is -2.42. The zero-order chi connectivity index (χ0) is 14.6. The topological polar surface area (TPSA) is 29.3 Å². The van der Waals surface area contributed by atoms with E-state index in [-0.39, 0.29) is 0 Å². The highest BCUT2D eigenvalue weighted by molar-refractivity contribution is 7.99. The fourth-order valence-corrected chi connectivity index (χ4v) is 5.01. The summed E-state index contributed by atoms with van der Waals surface area (Å²) in [5.74, 6) is 4.40. The van der Waals surface area contributed by atoms with Gasteiger partial charge in [-0.2, -0.15) is 11.8 Å². The maximum Gasteiger partial charge on any atom is 0.0246 e. The van der Waals surface area contributed by atoms with E-state index >= 15 is 0 Å². The van der Waals surface area contributed by atoms with Crippen LogP contribution in [0.2, 0.25) is 0 Å². The van der Waals surface area contributed by atoms with Crippen molar-refractivity contribution >= 4 is 11.8 Å². The minimum Gasteiger partial charge on any atom is -0.329 e. The minimum absolute atomic E-state index is 0.489. The Morgan fingerprint density at radius 1 is 1.10 bits per heavy atom. The maximum absolute atomic E-state index is 6.16. The molecule has 2 rings (SSSR count). The molecular weight excluding hydrogens is 264 g/mol. The third kappa shape index (κ3) is 4.38. The molecule has 0 bridgehead atoms. The molecule has 0 aromatic heterocycles. The molecular formula is C17H34N2S. The lowest BCUT2D eigenvalue weighted by Crippen LogP contribution is -2.48. The summed E-state index contributed by atoms with van der Waals surface area (Å²) in [5, 5.41) is 0. The molecule has 1 aliphatic heterocycles.